The second-order valence-electron chi connectivity index (χ2n) is 7.24. The molecule has 1 fully saturated rings. The summed E-state index contributed by atoms with van der Waals surface area (Å²) >= 11 is 0. The molecule has 0 aliphatic carbocycles. The minimum absolute atomic E-state index is 0.141. The number of pyridine rings is 1. The molecule has 1 aliphatic rings. The zero-order valence-corrected chi connectivity index (χ0v) is 15.1. The van der Waals surface area contributed by atoms with Gasteiger partial charge in [0, 0.05) is 31.0 Å². The average Bonchev–Trinajstić information content (AvgIpc) is 3.17. The fourth-order valence-electron chi connectivity index (χ4n) is 4.26. The largest absolute Gasteiger partial charge is 0.360 e. The lowest BCUT2D eigenvalue weighted by Crippen LogP contribution is -2.38. The molecule has 0 saturated carbocycles. The third kappa shape index (κ3) is 2.78. The first-order valence-electron chi connectivity index (χ1n) is 9.50. The van der Waals surface area contributed by atoms with Gasteiger partial charge in [0.25, 0.3) is 5.91 Å². The second kappa shape index (κ2) is 6.54. The summed E-state index contributed by atoms with van der Waals surface area (Å²) in [6.07, 6.45) is 5.88. The van der Waals surface area contributed by atoms with E-state index in [1.165, 1.54) is 5.56 Å². The Hall–Kier alpha value is -3.14. The fraction of sp³-hybridized carbons (Fsp3) is 0.217. The van der Waals surface area contributed by atoms with Gasteiger partial charge in [-0.1, -0.05) is 36.4 Å². The zero-order chi connectivity index (χ0) is 18.2. The van der Waals surface area contributed by atoms with Crippen LogP contribution in [-0.2, 0) is 0 Å². The minimum atomic E-state index is 0.141. The predicted octanol–water partition coefficient (Wildman–Crippen LogP) is 4.74. The number of hydrogen-bond donors (Lipinski definition) is 1. The van der Waals surface area contributed by atoms with Crippen LogP contribution in [0.1, 0.15) is 34.7 Å². The van der Waals surface area contributed by atoms with Crippen molar-refractivity contribution in [1.29, 1.82) is 0 Å². The van der Waals surface area contributed by atoms with E-state index in [-0.39, 0.29) is 5.91 Å². The van der Waals surface area contributed by atoms with Crippen molar-refractivity contribution in [3.63, 3.8) is 0 Å². The Balaban J connectivity index is 1.36. The maximum absolute atomic E-state index is 13.1. The SMILES string of the molecule is O=C(c1cccc2ccccc12)N1CCC(c2c[nH]c3cccnc23)CC1. The van der Waals surface area contributed by atoms with Crippen molar-refractivity contribution in [3.05, 3.63) is 78.1 Å². The number of nitrogens with one attached hydrogen (secondary N) is 1. The molecule has 0 atom stereocenters. The Kier molecular flexibility index (Phi) is 3.89. The molecule has 4 nitrogen and oxygen atoms in total. The summed E-state index contributed by atoms with van der Waals surface area (Å²) in [6, 6.07) is 18.1. The summed E-state index contributed by atoms with van der Waals surface area (Å²) in [5.74, 6) is 0.590. The molecule has 134 valence electrons. The van der Waals surface area contributed by atoms with E-state index >= 15 is 0 Å². The number of carbonyl (C=O) groups excluding carboxylic acids is 1. The number of aromatic nitrogens is 2. The zero-order valence-electron chi connectivity index (χ0n) is 15.1. The molecule has 1 aliphatic heterocycles. The van der Waals surface area contributed by atoms with Crippen molar-refractivity contribution >= 4 is 27.7 Å². The number of amides is 1. The lowest BCUT2D eigenvalue weighted by molar-refractivity contribution is 0.0715. The van der Waals surface area contributed by atoms with Crippen LogP contribution in [0.4, 0.5) is 0 Å². The van der Waals surface area contributed by atoms with Gasteiger partial charge in [-0.2, -0.15) is 0 Å². The molecular formula is C23H21N3O. The number of likely N-dealkylation sites (tertiary alicyclic amines) is 1. The van der Waals surface area contributed by atoms with Crippen LogP contribution in [0.3, 0.4) is 0 Å². The highest BCUT2D eigenvalue weighted by molar-refractivity contribution is 6.07. The molecule has 1 amide bonds. The maximum atomic E-state index is 13.1. The molecule has 0 unspecified atom stereocenters. The number of carbonyl (C=O) groups is 1. The molecule has 2 aromatic heterocycles. The van der Waals surface area contributed by atoms with Crippen LogP contribution in [0, 0.1) is 0 Å². The van der Waals surface area contributed by atoms with Crippen molar-refractivity contribution in [2.24, 2.45) is 0 Å². The van der Waals surface area contributed by atoms with Crippen LogP contribution in [0.15, 0.2) is 67.0 Å². The number of H-pyrrole nitrogens is 1. The number of nitrogens with zero attached hydrogens (tertiary/aromatic N) is 2. The quantitative estimate of drug-likeness (QED) is 0.565. The molecule has 2 aromatic carbocycles. The van der Waals surface area contributed by atoms with Crippen LogP contribution >= 0.6 is 0 Å². The van der Waals surface area contributed by atoms with Gasteiger partial charge < -0.3 is 9.88 Å². The first kappa shape index (κ1) is 16.1. The van der Waals surface area contributed by atoms with Crippen LogP contribution in [0.5, 0.6) is 0 Å². The monoisotopic (exact) mass is 355 g/mol. The minimum Gasteiger partial charge on any atom is -0.360 e. The molecule has 0 radical (unpaired) electrons. The van der Waals surface area contributed by atoms with Crippen molar-refractivity contribution in [2.75, 3.05) is 13.1 Å². The first-order chi connectivity index (χ1) is 13.3. The number of rotatable bonds is 2. The summed E-state index contributed by atoms with van der Waals surface area (Å²) in [4.78, 5) is 23.0. The summed E-state index contributed by atoms with van der Waals surface area (Å²) < 4.78 is 0. The van der Waals surface area contributed by atoms with E-state index in [1.54, 1.807) is 0 Å². The lowest BCUT2D eigenvalue weighted by Gasteiger charge is -2.32. The van der Waals surface area contributed by atoms with E-state index in [4.69, 9.17) is 0 Å². The van der Waals surface area contributed by atoms with Gasteiger partial charge in [0.1, 0.15) is 0 Å². The Labute approximate surface area is 157 Å². The molecular weight excluding hydrogens is 334 g/mol. The highest BCUT2D eigenvalue weighted by Gasteiger charge is 2.27. The van der Waals surface area contributed by atoms with Gasteiger partial charge in [-0.15, -0.1) is 0 Å². The van der Waals surface area contributed by atoms with E-state index in [0.29, 0.717) is 5.92 Å². The van der Waals surface area contributed by atoms with Crippen molar-refractivity contribution in [1.82, 2.24) is 14.9 Å². The third-order valence-corrected chi connectivity index (χ3v) is 5.71. The fourth-order valence-corrected chi connectivity index (χ4v) is 4.26. The van der Waals surface area contributed by atoms with Crippen LogP contribution < -0.4 is 0 Å². The van der Waals surface area contributed by atoms with Gasteiger partial charge in [0.15, 0.2) is 0 Å². The standard InChI is InChI=1S/C23H21N3O/c27-23(19-8-3-6-16-5-1-2-7-18(16)19)26-13-10-17(11-14-26)20-15-25-21-9-4-12-24-22(20)21/h1-9,12,15,17,25H,10-11,13-14H2. The molecule has 1 saturated heterocycles. The number of aromatic amines is 1. The summed E-state index contributed by atoms with van der Waals surface area (Å²) in [7, 11) is 0. The molecule has 4 aromatic rings. The van der Waals surface area contributed by atoms with E-state index < -0.39 is 0 Å². The number of benzene rings is 2. The Morgan fingerprint density at radius 3 is 2.70 bits per heavy atom. The van der Waals surface area contributed by atoms with Gasteiger partial charge in [-0.25, -0.2) is 0 Å². The van der Waals surface area contributed by atoms with Gasteiger partial charge in [0.05, 0.1) is 11.0 Å². The molecule has 1 N–H and O–H groups in total. The molecule has 27 heavy (non-hydrogen) atoms. The summed E-state index contributed by atoms with van der Waals surface area (Å²) in [6.45, 7) is 1.57. The topological polar surface area (TPSA) is 49.0 Å². The third-order valence-electron chi connectivity index (χ3n) is 5.71. The summed E-state index contributed by atoms with van der Waals surface area (Å²) in [5, 5.41) is 2.15. The Bertz CT molecular complexity index is 1120. The molecule has 0 spiro atoms. The second-order valence-corrected chi connectivity index (χ2v) is 7.24. The van der Waals surface area contributed by atoms with Gasteiger partial charge in [-0.3, -0.25) is 9.78 Å². The maximum Gasteiger partial charge on any atom is 0.254 e. The number of piperidine rings is 1. The highest BCUT2D eigenvalue weighted by atomic mass is 16.2. The van der Waals surface area contributed by atoms with Gasteiger partial charge in [0.2, 0.25) is 0 Å². The molecule has 0 bridgehead atoms. The number of fused-ring (bicyclic) bond motifs is 2. The Morgan fingerprint density at radius 1 is 1.00 bits per heavy atom. The number of hydrogen-bond acceptors (Lipinski definition) is 2. The lowest BCUT2D eigenvalue weighted by atomic mass is 9.90. The predicted molar refractivity (Wildman–Crippen MR) is 108 cm³/mol. The van der Waals surface area contributed by atoms with Crippen LogP contribution in [-0.4, -0.2) is 33.9 Å². The van der Waals surface area contributed by atoms with E-state index in [9.17, 15) is 4.79 Å². The van der Waals surface area contributed by atoms with Crippen LogP contribution in [0.2, 0.25) is 0 Å². The first-order valence-corrected chi connectivity index (χ1v) is 9.50. The normalized spacial score (nSPS) is 15.5. The Morgan fingerprint density at radius 2 is 1.81 bits per heavy atom. The van der Waals surface area contributed by atoms with Crippen molar-refractivity contribution < 1.29 is 4.79 Å². The van der Waals surface area contributed by atoms with Gasteiger partial charge >= 0.3 is 0 Å². The van der Waals surface area contributed by atoms with Crippen molar-refractivity contribution in [3.8, 4) is 0 Å². The smallest absolute Gasteiger partial charge is 0.254 e. The average molecular weight is 355 g/mol. The summed E-state index contributed by atoms with van der Waals surface area (Å²) in [5.41, 5.74) is 4.24. The van der Waals surface area contributed by atoms with Gasteiger partial charge in [-0.05, 0) is 53.3 Å². The molecule has 4 heteroatoms. The van der Waals surface area contributed by atoms with E-state index in [1.807, 2.05) is 47.5 Å². The van der Waals surface area contributed by atoms with Crippen LogP contribution in [0.25, 0.3) is 21.8 Å². The van der Waals surface area contributed by atoms with E-state index in [2.05, 4.69) is 34.4 Å². The highest BCUT2D eigenvalue weighted by Crippen LogP contribution is 2.33. The van der Waals surface area contributed by atoms with Crippen molar-refractivity contribution in [2.45, 2.75) is 18.8 Å². The van der Waals surface area contributed by atoms with E-state index in [0.717, 1.165) is 53.3 Å². The molecule has 3 heterocycles. The molecule has 5 rings (SSSR count).